The van der Waals surface area contributed by atoms with Crippen molar-refractivity contribution >= 4 is 17.5 Å². The van der Waals surface area contributed by atoms with E-state index in [9.17, 15) is 4.79 Å². The minimum atomic E-state index is 0.0175. The summed E-state index contributed by atoms with van der Waals surface area (Å²) in [5.74, 6) is 1.42. The summed E-state index contributed by atoms with van der Waals surface area (Å²) in [5.41, 5.74) is 2.96. The fourth-order valence-corrected chi connectivity index (χ4v) is 2.88. The molecule has 5 nitrogen and oxygen atoms in total. The van der Waals surface area contributed by atoms with Gasteiger partial charge >= 0.3 is 0 Å². The van der Waals surface area contributed by atoms with Gasteiger partial charge in [-0.2, -0.15) is 0 Å². The molecule has 0 bridgehead atoms. The molecule has 0 saturated heterocycles. The summed E-state index contributed by atoms with van der Waals surface area (Å²) in [7, 11) is 0. The number of imidazole rings is 1. The second kappa shape index (κ2) is 6.83. The Morgan fingerprint density at radius 1 is 1.25 bits per heavy atom. The van der Waals surface area contributed by atoms with Crippen molar-refractivity contribution in [3.63, 3.8) is 0 Å². The number of benzene rings is 1. The van der Waals surface area contributed by atoms with Crippen LogP contribution in [0, 0.1) is 6.92 Å². The quantitative estimate of drug-likeness (QED) is 0.717. The number of rotatable bonds is 5. The maximum absolute atomic E-state index is 12.3. The van der Waals surface area contributed by atoms with E-state index in [1.54, 1.807) is 13.1 Å². The molecule has 0 saturated carbocycles. The Bertz CT molecular complexity index is 869. The number of carbonyl (C=O) groups excluding carboxylic acids is 1. The smallest absolute Gasteiger partial charge is 0.235 e. The van der Waals surface area contributed by atoms with Crippen molar-refractivity contribution in [1.82, 2.24) is 14.4 Å². The number of aryl methyl sites for hydroxylation is 1. The van der Waals surface area contributed by atoms with Crippen molar-refractivity contribution in [3.05, 3.63) is 48.3 Å². The van der Waals surface area contributed by atoms with E-state index in [4.69, 9.17) is 4.98 Å². The van der Waals surface area contributed by atoms with Gasteiger partial charge in [0.25, 0.3) is 0 Å². The van der Waals surface area contributed by atoms with Crippen molar-refractivity contribution in [1.29, 1.82) is 0 Å². The molecule has 3 rings (SSSR count). The van der Waals surface area contributed by atoms with Gasteiger partial charge in [-0.05, 0) is 25.0 Å². The summed E-state index contributed by atoms with van der Waals surface area (Å²) in [4.78, 5) is 23.2. The first-order valence-electron chi connectivity index (χ1n) is 8.30. The van der Waals surface area contributed by atoms with Crippen LogP contribution < -0.4 is 4.90 Å². The number of amides is 1. The summed E-state index contributed by atoms with van der Waals surface area (Å²) >= 11 is 0. The van der Waals surface area contributed by atoms with E-state index in [1.807, 2.05) is 39.8 Å². The van der Waals surface area contributed by atoms with Crippen molar-refractivity contribution in [2.45, 2.75) is 33.6 Å². The third-order valence-corrected chi connectivity index (χ3v) is 4.15. The molecule has 0 unspecified atom stereocenters. The van der Waals surface area contributed by atoms with Gasteiger partial charge in [-0.15, -0.1) is 0 Å². The van der Waals surface area contributed by atoms with Gasteiger partial charge in [-0.1, -0.05) is 37.6 Å². The SMILES string of the molecule is CCCCN(C(C)=O)c1c(-c2ccccc2C)nc2ncccn12. The first-order chi connectivity index (χ1) is 11.6. The Morgan fingerprint density at radius 3 is 2.75 bits per heavy atom. The van der Waals surface area contributed by atoms with Gasteiger partial charge in [-0.3, -0.25) is 14.1 Å². The summed E-state index contributed by atoms with van der Waals surface area (Å²) in [6, 6.07) is 9.96. The van der Waals surface area contributed by atoms with E-state index in [-0.39, 0.29) is 5.91 Å². The van der Waals surface area contributed by atoms with Crippen molar-refractivity contribution < 1.29 is 4.79 Å². The predicted octanol–water partition coefficient (Wildman–Crippen LogP) is 3.86. The summed E-state index contributed by atoms with van der Waals surface area (Å²) in [6.07, 6.45) is 5.60. The maximum Gasteiger partial charge on any atom is 0.235 e. The van der Waals surface area contributed by atoms with E-state index < -0.39 is 0 Å². The molecule has 124 valence electrons. The second-order valence-corrected chi connectivity index (χ2v) is 5.91. The molecule has 0 aliphatic heterocycles. The maximum atomic E-state index is 12.3. The van der Waals surface area contributed by atoms with E-state index in [1.165, 1.54) is 0 Å². The van der Waals surface area contributed by atoms with Crippen LogP contribution in [0.5, 0.6) is 0 Å². The van der Waals surface area contributed by atoms with E-state index in [0.29, 0.717) is 12.3 Å². The highest BCUT2D eigenvalue weighted by molar-refractivity contribution is 5.95. The molecule has 2 aromatic heterocycles. The van der Waals surface area contributed by atoms with Crippen LogP contribution in [0.15, 0.2) is 42.7 Å². The number of aromatic nitrogens is 3. The van der Waals surface area contributed by atoms with Crippen LogP contribution in [0.25, 0.3) is 17.0 Å². The molecule has 1 amide bonds. The number of hydrogen-bond acceptors (Lipinski definition) is 3. The third-order valence-electron chi connectivity index (χ3n) is 4.15. The van der Waals surface area contributed by atoms with E-state index in [0.717, 1.165) is 35.5 Å². The van der Waals surface area contributed by atoms with Crippen LogP contribution in [-0.2, 0) is 4.79 Å². The molecular formula is C19H22N4O. The molecule has 1 aromatic carbocycles. The molecule has 0 fully saturated rings. The lowest BCUT2D eigenvalue weighted by atomic mass is 10.1. The molecule has 0 aliphatic carbocycles. The zero-order chi connectivity index (χ0) is 17.1. The van der Waals surface area contributed by atoms with E-state index >= 15 is 0 Å². The van der Waals surface area contributed by atoms with Gasteiger partial charge in [0, 0.05) is 31.4 Å². The molecule has 5 heteroatoms. The van der Waals surface area contributed by atoms with Crippen LogP contribution in [0.1, 0.15) is 32.3 Å². The summed E-state index contributed by atoms with van der Waals surface area (Å²) in [5, 5.41) is 0. The van der Waals surface area contributed by atoms with Gasteiger partial charge in [0.05, 0.1) is 0 Å². The summed E-state index contributed by atoms with van der Waals surface area (Å²) in [6.45, 7) is 6.46. The standard InChI is InChI=1S/C19H22N4O/c1-4-5-12-22(15(3)24)18-17(16-10-7-6-9-14(16)2)21-19-20-11-8-13-23(18)19/h6-11,13H,4-5,12H2,1-3H3. The highest BCUT2D eigenvalue weighted by Gasteiger charge is 2.23. The van der Waals surface area contributed by atoms with Crippen molar-refractivity contribution in [2.24, 2.45) is 0 Å². The minimum Gasteiger partial charge on any atom is -0.296 e. The second-order valence-electron chi connectivity index (χ2n) is 5.91. The predicted molar refractivity (Wildman–Crippen MR) is 96.1 cm³/mol. The average molecular weight is 322 g/mol. The van der Waals surface area contributed by atoms with Gasteiger partial charge in [-0.25, -0.2) is 9.97 Å². The number of fused-ring (bicyclic) bond motifs is 1. The normalized spacial score (nSPS) is 11.0. The average Bonchev–Trinajstić information content (AvgIpc) is 2.95. The van der Waals surface area contributed by atoms with Gasteiger partial charge in [0.2, 0.25) is 11.7 Å². The molecule has 0 radical (unpaired) electrons. The van der Waals surface area contributed by atoms with Crippen LogP contribution in [0.4, 0.5) is 5.82 Å². The van der Waals surface area contributed by atoms with Gasteiger partial charge in [0.1, 0.15) is 11.5 Å². The summed E-state index contributed by atoms with van der Waals surface area (Å²) < 4.78 is 1.90. The molecule has 24 heavy (non-hydrogen) atoms. The Kier molecular flexibility index (Phi) is 4.60. The highest BCUT2D eigenvalue weighted by atomic mass is 16.2. The first kappa shape index (κ1) is 16.2. The van der Waals surface area contributed by atoms with E-state index in [2.05, 4.69) is 24.9 Å². The zero-order valence-corrected chi connectivity index (χ0v) is 14.4. The Hall–Kier alpha value is -2.69. The molecule has 0 aliphatic rings. The zero-order valence-electron chi connectivity index (χ0n) is 14.4. The molecule has 3 aromatic rings. The van der Waals surface area contributed by atoms with Crippen LogP contribution >= 0.6 is 0 Å². The number of anilines is 1. The fraction of sp³-hybridized carbons (Fsp3) is 0.316. The molecule has 0 N–H and O–H groups in total. The van der Waals surface area contributed by atoms with Gasteiger partial charge < -0.3 is 0 Å². The van der Waals surface area contributed by atoms with Crippen LogP contribution in [-0.4, -0.2) is 26.8 Å². The lowest BCUT2D eigenvalue weighted by molar-refractivity contribution is -0.116. The molecule has 0 atom stereocenters. The lowest BCUT2D eigenvalue weighted by Crippen LogP contribution is -2.31. The fourth-order valence-electron chi connectivity index (χ4n) is 2.88. The monoisotopic (exact) mass is 322 g/mol. The topological polar surface area (TPSA) is 50.5 Å². The number of nitrogens with zero attached hydrogens (tertiary/aromatic N) is 4. The molecular weight excluding hydrogens is 300 g/mol. The number of unbranched alkanes of at least 4 members (excludes halogenated alkanes) is 1. The van der Waals surface area contributed by atoms with Crippen molar-refractivity contribution in [2.75, 3.05) is 11.4 Å². The minimum absolute atomic E-state index is 0.0175. The van der Waals surface area contributed by atoms with Crippen molar-refractivity contribution in [3.8, 4) is 11.3 Å². The Labute approximate surface area is 142 Å². The number of hydrogen-bond donors (Lipinski definition) is 0. The van der Waals surface area contributed by atoms with Crippen LogP contribution in [0.2, 0.25) is 0 Å². The molecule has 2 heterocycles. The third kappa shape index (κ3) is 2.89. The largest absolute Gasteiger partial charge is 0.296 e. The highest BCUT2D eigenvalue weighted by Crippen LogP contribution is 2.33. The first-order valence-corrected chi connectivity index (χ1v) is 8.30. The van der Waals surface area contributed by atoms with Crippen LogP contribution in [0.3, 0.4) is 0 Å². The Morgan fingerprint density at radius 2 is 2.04 bits per heavy atom. The Balaban J connectivity index is 2.26. The molecule has 0 spiro atoms. The lowest BCUT2D eigenvalue weighted by Gasteiger charge is -2.22. The number of carbonyl (C=O) groups is 1. The van der Waals surface area contributed by atoms with Gasteiger partial charge in [0.15, 0.2) is 0 Å².